The molecule has 1 aromatic rings. The summed E-state index contributed by atoms with van der Waals surface area (Å²) in [6.45, 7) is 0.625. The third-order valence-electron chi connectivity index (χ3n) is 4.78. The monoisotopic (exact) mass is 434 g/mol. The SMILES string of the molecule is C[C@H](NC(=O)[C@H](CO)NC(=O)[C@@H]1CCC(=O)N1)C(=O)N[C@@H](Cc1ccccc1)C(=O)O. The van der Waals surface area contributed by atoms with Crippen LogP contribution in [-0.2, 0) is 30.4 Å². The second-order valence-corrected chi connectivity index (χ2v) is 7.22. The molecule has 0 radical (unpaired) electrons. The van der Waals surface area contributed by atoms with Gasteiger partial charge in [0.2, 0.25) is 23.6 Å². The topological polar surface area (TPSA) is 174 Å². The summed E-state index contributed by atoms with van der Waals surface area (Å²) in [6, 6.07) is 4.30. The van der Waals surface area contributed by atoms with Crippen molar-refractivity contribution in [1.29, 1.82) is 0 Å². The Labute approximate surface area is 178 Å². The van der Waals surface area contributed by atoms with E-state index in [1.165, 1.54) is 6.92 Å². The van der Waals surface area contributed by atoms with E-state index in [0.29, 0.717) is 5.56 Å². The van der Waals surface area contributed by atoms with Crippen LogP contribution in [0.5, 0.6) is 0 Å². The van der Waals surface area contributed by atoms with Gasteiger partial charge in [-0.3, -0.25) is 19.2 Å². The Hall–Kier alpha value is -3.47. The van der Waals surface area contributed by atoms with E-state index in [9.17, 15) is 34.2 Å². The van der Waals surface area contributed by atoms with Crippen LogP contribution in [0.2, 0.25) is 0 Å². The number of nitrogens with one attached hydrogen (secondary N) is 4. The highest BCUT2D eigenvalue weighted by Crippen LogP contribution is 2.07. The van der Waals surface area contributed by atoms with Crippen LogP contribution in [0.15, 0.2) is 30.3 Å². The van der Waals surface area contributed by atoms with Crippen molar-refractivity contribution in [3.63, 3.8) is 0 Å². The quantitative estimate of drug-likeness (QED) is 0.248. The predicted octanol–water partition coefficient (Wildman–Crippen LogP) is -1.94. The molecule has 168 valence electrons. The second kappa shape index (κ2) is 11.1. The largest absolute Gasteiger partial charge is 0.480 e. The van der Waals surface area contributed by atoms with E-state index in [-0.39, 0.29) is 25.2 Å². The van der Waals surface area contributed by atoms with E-state index in [1.54, 1.807) is 30.3 Å². The Bertz CT molecular complexity index is 830. The lowest BCUT2D eigenvalue weighted by Gasteiger charge is -2.22. The summed E-state index contributed by atoms with van der Waals surface area (Å²) < 4.78 is 0. The Morgan fingerprint density at radius 1 is 1.06 bits per heavy atom. The van der Waals surface area contributed by atoms with Crippen molar-refractivity contribution in [2.75, 3.05) is 6.61 Å². The van der Waals surface area contributed by atoms with E-state index in [1.807, 2.05) is 0 Å². The van der Waals surface area contributed by atoms with Gasteiger partial charge in [-0.05, 0) is 18.9 Å². The van der Waals surface area contributed by atoms with Gasteiger partial charge in [0, 0.05) is 12.8 Å². The molecule has 0 aromatic heterocycles. The number of aliphatic hydroxyl groups is 1. The maximum Gasteiger partial charge on any atom is 0.326 e. The normalized spacial score (nSPS) is 18.3. The molecule has 11 nitrogen and oxygen atoms in total. The number of aliphatic hydroxyl groups excluding tert-OH is 1. The van der Waals surface area contributed by atoms with Crippen LogP contribution in [-0.4, -0.2) is 70.6 Å². The minimum absolute atomic E-state index is 0.0605. The van der Waals surface area contributed by atoms with Crippen molar-refractivity contribution in [1.82, 2.24) is 21.3 Å². The average Bonchev–Trinajstić information content (AvgIpc) is 3.18. The molecule has 1 aromatic carbocycles. The highest BCUT2D eigenvalue weighted by molar-refractivity contribution is 5.95. The fraction of sp³-hybridized carbons (Fsp3) is 0.450. The Morgan fingerprint density at radius 3 is 2.29 bits per heavy atom. The first-order chi connectivity index (χ1) is 14.7. The van der Waals surface area contributed by atoms with Gasteiger partial charge in [0.1, 0.15) is 24.2 Å². The number of hydrogen-bond acceptors (Lipinski definition) is 6. The lowest BCUT2D eigenvalue weighted by molar-refractivity contribution is -0.142. The molecular formula is C20H26N4O7. The third-order valence-corrected chi connectivity index (χ3v) is 4.78. The molecule has 4 amide bonds. The lowest BCUT2D eigenvalue weighted by Crippen LogP contribution is -2.57. The molecule has 4 atom stereocenters. The number of rotatable bonds is 10. The van der Waals surface area contributed by atoms with Gasteiger partial charge in [0.15, 0.2) is 0 Å². The first kappa shape index (κ1) is 23.8. The number of carbonyl (C=O) groups excluding carboxylic acids is 4. The molecule has 1 saturated heterocycles. The van der Waals surface area contributed by atoms with E-state index in [2.05, 4.69) is 21.3 Å². The number of carboxylic acid groups (broad SMARTS) is 1. The van der Waals surface area contributed by atoms with Crippen LogP contribution in [0, 0.1) is 0 Å². The van der Waals surface area contributed by atoms with Crippen LogP contribution in [0.3, 0.4) is 0 Å². The Balaban J connectivity index is 1.90. The Kier molecular flexibility index (Phi) is 8.50. The molecule has 0 saturated carbocycles. The smallest absolute Gasteiger partial charge is 0.326 e. The van der Waals surface area contributed by atoms with Crippen molar-refractivity contribution in [3.05, 3.63) is 35.9 Å². The van der Waals surface area contributed by atoms with Crippen molar-refractivity contribution < 1.29 is 34.2 Å². The fourth-order valence-corrected chi connectivity index (χ4v) is 3.00. The summed E-state index contributed by atoms with van der Waals surface area (Å²) in [5.41, 5.74) is 0.717. The number of benzene rings is 1. The van der Waals surface area contributed by atoms with Crippen LogP contribution < -0.4 is 21.3 Å². The molecule has 6 N–H and O–H groups in total. The molecule has 31 heavy (non-hydrogen) atoms. The van der Waals surface area contributed by atoms with Gasteiger partial charge in [0.25, 0.3) is 0 Å². The maximum atomic E-state index is 12.4. The maximum absolute atomic E-state index is 12.4. The number of aliphatic carboxylic acids is 1. The predicted molar refractivity (Wildman–Crippen MR) is 107 cm³/mol. The first-order valence-corrected chi connectivity index (χ1v) is 9.79. The van der Waals surface area contributed by atoms with Gasteiger partial charge in [-0.25, -0.2) is 4.79 Å². The molecule has 0 unspecified atom stereocenters. The van der Waals surface area contributed by atoms with Crippen LogP contribution >= 0.6 is 0 Å². The molecule has 11 heteroatoms. The molecule has 0 spiro atoms. The van der Waals surface area contributed by atoms with Crippen LogP contribution in [0.1, 0.15) is 25.3 Å². The first-order valence-electron chi connectivity index (χ1n) is 9.79. The summed E-state index contributed by atoms with van der Waals surface area (Å²) in [5.74, 6) is -3.68. The zero-order valence-electron chi connectivity index (χ0n) is 17.0. The number of amides is 4. The van der Waals surface area contributed by atoms with Gasteiger partial charge in [-0.1, -0.05) is 30.3 Å². The average molecular weight is 434 g/mol. The van der Waals surface area contributed by atoms with Crippen molar-refractivity contribution in [3.8, 4) is 0 Å². The summed E-state index contributed by atoms with van der Waals surface area (Å²) in [5, 5.41) is 28.3. The standard InChI is InChI=1S/C20H26N4O7/c1-11(17(27)23-14(20(30)31)9-12-5-3-2-4-6-12)21-19(29)15(10-25)24-18(28)13-7-8-16(26)22-13/h2-6,11,13-15,25H,7-10H2,1H3,(H,21,29)(H,22,26)(H,23,27)(H,24,28)(H,30,31)/t11-,13-,14-,15-/m0/s1. The number of hydrogen-bond donors (Lipinski definition) is 6. The Morgan fingerprint density at radius 2 is 1.74 bits per heavy atom. The van der Waals surface area contributed by atoms with Gasteiger partial charge in [-0.15, -0.1) is 0 Å². The molecule has 2 rings (SSSR count). The molecule has 0 aliphatic carbocycles. The van der Waals surface area contributed by atoms with E-state index < -0.39 is 54.5 Å². The van der Waals surface area contributed by atoms with E-state index >= 15 is 0 Å². The van der Waals surface area contributed by atoms with Gasteiger partial charge >= 0.3 is 5.97 Å². The molecular weight excluding hydrogens is 408 g/mol. The summed E-state index contributed by atoms with van der Waals surface area (Å²) in [6.07, 6.45) is 0.533. The molecule has 1 aliphatic heterocycles. The summed E-state index contributed by atoms with van der Waals surface area (Å²) >= 11 is 0. The highest BCUT2D eigenvalue weighted by Gasteiger charge is 2.31. The van der Waals surface area contributed by atoms with Crippen molar-refractivity contribution >= 4 is 29.6 Å². The van der Waals surface area contributed by atoms with E-state index in [0.717, 1.165) is 0 Å². The molecule has 0 bridgehead atoms. The highest BCUT2D eigenvalue weighted by atomic mass is 16.4. The molecule has 1 aliphatic rings. The minimum Gasteiger partial charge on any atom is -0.480 e. The zero-order valence-corrected chi connectivity index (χ0v) is 17.0. The lowest BCUT2D eigenvalue weighted by atomic mass is 10.1. The third kappa shape index (κ3) is 7.07. The van der Waals surface area contributed by atoms with Gasteiger partial charge < -0.3 is 31.5 Å². The summed E-state index contributed by atoms with van der Waals surface area (Å²) in [4.78, 5) is 59.5. The zero-order chi connectivity index (χ0) is 23.0. The number of carbonyl (C=O) groups is 5. The summed E-state index contributed by atoms with van der Waals surface area (Å²) in [7, 11) is 0. The van der Waals surface area contributed by atoms with Crippen LogP contribution in [0.4, 0.5) is 0 Å². The molecule has 1 fully saturated rings. The van der Waals surface area contributed by atoms with E-state index in [4.69, 9.17) is 0 Å². The van der Waals surface area contributed by atoms with Crippen LogP contribution in [0.25, 0.3) is 0 Å². The molecule has 1 heterocycles. The van der Waals surface area contributed by atoms with Crippen molar-refractivity contribution in [2.24, 2.45) is 0 Å². The second-order valence-electron chi connectivity index (χ2n) is 7.22. The van der Waals surface area contributed by atoms with Gasteiger partial charge in [-0.2, -0.15) is 0 Å². The van der Waals surface area contributed by atoms with Gasteiger partial charge in [0.05, 0.1) is 6.61 Å². The fourth-order valence-electron chi connectivity index (χ4n) is 3.00. The van der Waals surface area contributed by atoms with Crippen molar-refractivity contribution in [2.45, 2.75) is 50.4 Å². The number of carboxylic acids is 1. The minimum atomic E-state index is -1.33.